The van der Waals surface area contributed by atoms with E-state index in [1.165, 1.54) is 7.11 Å². The molecule has 2 aromatic carbocycles. The highest BCUT2D eigenvalue weighted by Crippen LogP contribution is 2.34. The number of ether oxygens (including phenoxy) is 1. The van der Waals surface area contributed by atoms with Crippen LogP contribution in [-0.4, -0.2) is 40.3 Å². The molecule has 2 aromatic heterocycles. The van der Waals surface area contributed by atoms with Crippen LogP contribution in [0.25, 0.3) is 22.4 Å². The number of amides is 1. The van der Waals surface area contributed by atoms with Crippen LogP contribution in [0.1, 0.15) is 30.9 Å². The molecular formula is C28H27ClN7O3+. The number of benzene rings is 2. The van der Waals surface area contributed by atoms with E-state index in [1.54, 1.807) is 48.4 Å². The molecule has 1 amide bonds. The number of aromatic nitrogens is 3. The fraction of sp³-hybridized carbons (Fsp3) is 0.179. The van der Waals surface area contributed by atoms with Crippen LogP contribution in [0.5, 0.6) is 0 Å². The molecule has 10 nitrogen and oxygen atoms in total. The number of anilines is 1. The van der Waals surface area contributed by atoms with Gasteiger partial charge in [-0.25, -0.2) is 9.78 Å². The summed E-state index contributed by atoms with van der Waals surface area (Å²) in [4.78, 5) is 32.8. The second kappa shape index (κ2) is 11.5. The van der Waals surface area contributed by atoms with Crippen molar-refractivity contribution in [1.29, 1.82) is 0 Å². The third kappa shape index (κ3) is 5.66. The minimum absolute atomic E-state index is 0.101. The van der Waals surface area contributed by atoms with Crippen molar-refractivity contribution in [3.05, 3.63) is 87.7 Å². The first-order valence-electron chi connectivity index (χ1n) is 12.4. The van der Waals surface area contributed by atoms with Crippen LogP contribution in [0.2, 0.25) is 5.02 Å². The molecular weight excluding hydrogens is 518 g/mol. The molecule has 0 spiro atoms. The number of nitrogens with zero attached hydrogens (tertiary/aromatic N) is 4. The number of halogens is 1. The lowest BCUT2D eigenvalue weighted by molar-refractivity contribution is -0.432. The van der Waals surface area contributed by atoms with Crippen molar-refractivity contribution in [3.63, 3.8) is 0 Å². The van der Waals surface area contributed by atoms with Crippen molar-refractivity contribution < 1.29 is 14.8 Å². The maximum absolute atomic E-state index is 13.4. The number of hydrogen-bond donors (Lipinski definition) is 3. The first kappa shape index (κ1) is 26.1. The molecule has 1 unspecified atom stereocenters. The van der Waals surface area contributed by atoms with Gasteiger partial charge in [-0.3, -0.25) is 15.4 Å². The van der Waals surface area contributed by atoms with E-state index in [0.29, 0.717) is 10.7 Å². The summed E-state index contributed by atoms with van der Waals surface area (Å²) in [5.74, 6) is 0.722. The number of nitrogens with one attached hydrogen (secondary N) is 2. The molecule has 198 valence electrons. The molecule has 3 heterocycles. The van der Waals surface area contributed by atoms with E-state index >= 15 is 0 Å². The van der Waals surface area contributed by atoms with Crippen LogP contribution >= 0.6 is 11.6 Å². The van der Waals surface area contributed by atoms with Gasteiger partial charge in [0.2, 0.25) is 6.34 Å². The van der Waals surface area contributed by atoms with Crippen LogP contribution in [0.15, 0.2) is 75.8 Å². The van der Waals surface area contributed by atoms with Gasteiger partial charge < -0.3 is 14.3 Å². The van der Waals surface area contributed by atoms with E-state index in [2.05, 4.69) is 30.2 Å². The Labute approximate surface area is 229 Å². The first-order chi connectivity index (χ1) is 19.0. The average Bonchev–Trinajstić information content (AvgIpc) is 3.60. The Morgan fingerprint density at radius 3 is 2.77 bits per heavy atom. The molecule has 5 rings (SSSR count). The number of H-pyrrole nitrogens is 1. The topological polar surface area (TPSA) is 130 Å². The minimum Gasteiger partial charge on any atom is -0.453 e. The van der Waals surface area contributed by atoms with E-state index in [4.69, 9.17) is 11.6 Å². The van der Waals surface area contributed by atoms with Crippen LogP contribution in [0.3, 0.4) is 0 Å². The zero-order valence-electron chi connectivity index (χ0n) is 21.4. The third-order valence-corrected chi connectivity index (χ3v) is 6.74. The summed E-state index contributed by atoms with van der Waals surface area (Å²) in [6, 6.07) is 16.4. The number of quaternary nitrogens is 1. The van der Waals surface area contributed by atoms with Gasteiger partial charge >= 0.3 is 6.09 Å². The maximum atomic E-state index is 13.4. The Balaban J connectivity index is 1.41. The van der Waals surface area contributed by atoms with Crippen molar-refractivity contribution in [3.8, 4) is 22.4 Å². The summed E-state index contributed by atoms with van der Waals surface area (Å²) in [6.07, 6.45) is 5.94. The van der Waals surface area contributed by atoms with Gasteiger partial charge in [0.1, 0.15) is 11.5 Å². The lowest BCUT2D eigenvalue weighted by Gasteiger charge is -2.14. The van der Waals surface area contributed by atoms with E-state index in [1.807, 2.05) is 41.7 Å². The zero-order chi connectivity index (χ0) is 27.4. The third-order valence-electron chi connectivity index (χ3n) is 6.50. The Bertz CT molecular complexity index is 1620. The van der Waals surface area contributed by atoms with Crippen LogP contribution < -0.4 is 16.2 Å². The standard InChI is InChI=1S/C28H26ClN7O3/c1-3-32-33-16-31-23-10-6-19(29)14-22(23)18-12-21-9-11-25(36(21)26(37)13-18)27-30-15-24(35-27)17-4-7-20(8-5-17)34-28(38)39-2/h3-8,10,12-16,25H,9,11H2,1-2H3,(H,30,35)(H,31,33)(H,34,38)/p+1. The van der Waals surface area contributed by atoms with Crippen LogP contribution in [0.4, 0.5) is 16.2 Å². The fourth-order valence-corrected chi connectivity index (χ4v) is 4.88. The second-order valence-electron chi connectivity index (χ2n) is 8.91. The quantitative estimate of drug-likeness (QED) is 0.137. The van der Waals surface area contributed by atoms with Crippen LogP contribution in [0, 0.1) is 0 Å². The number of carbonyl (C=O) groups is 1. The summed E-state index contributed by atoms with van der Waals surface area (Å²) < 4.78 is 6.43. The Morgan fingerprint density at radius 2 is 2.00 bits per heavy atom. The monoisotopic (exact) mass is 544 g/mol. The molecule has 4 aromatic rings. The number of nitrogens with two attached hydrogens (primary N) is 1. The van der Waals surface area contributed by atoms with E-state index in [-0.39, 0.29) is 11.6 Å². The first-order valence-corrected chi connectivity index (χ1v) is 12.7. The van der Waals surface area contributed by atoms with Crippen LogP contribution in [-0.2, 0) is 11.2 Å². The number of fused-ring (bicyclic) bond motifs is 1. The molecule has 11 heteroatoms. The SMILES string of the molecule is CC=NN=C[NH2+]c1ccc(Cl)cc1-c1cc2n(c(=O)c1)C(c1ncc(-c3ccc(NC(=O)OC)cc3)[nH]1)CC2. The minimum atomic E-state index is -0.527. The van der Waals surface area contributed by atoms with Gasteiger partial charge in [0, 0.05) is 40.3 Å². The molecule has 39 heavy (non-hydrogen) atoms. The fourth-order valence-electron chi connectivity index (χ4n) is 4.71. The van der Waals surface area contributed by atoms with Crippen molar-refractivity contribution in [2.45, 2.75) is 25.8 Å². The number of pyridine rings is 1. The molecule has 0 saturated heterocycles. The number of imidazole rings is 1. The number of aromatic amines is 1. The zero-order valence-corrected chi connectivity index (χ0v) is 22.1. The predicted octanol–water partition coefficient (Wildman–Crippen LogP) is 4.50. The van der Waals surface area contributed by atoms with Gasteiger partial charge in [-0.2, -0.15) is 5.10 Å². The number of rotatable bonds is 7. The molecule has 1 aliphatic rings. The summed E-state index contributed by atoms with van der Waals surface area (Å²) in [5.41, 5.74) is 5.73. The lowest BCUT2D eigenvalue weighted by atomic mass is 10.0. The van der Waals surface area contributed by atoms with Gasteiger partial charge in [-0.1, -0.05) is 23.7 Å². The number of methoxy groups -OCH3 is 1. The number of carbonyl (C=O) groups excluding carboxylic acids is 1. The van der Waals surface area contributed by atoms with Crippen molar-refractivity contribution in [2.24, 2.45) is 10.2 Å². The molecule has 0 radical (unpaired) electrons. The van der Waals surface area contributed by atoms with Gasteiger partial charge in [0.05, 0.1) is 25.0 Å². The molecule has 4 N–H and O–H groups in total. The highest BCUT2D eigenvalue weighted by atomic mass is 35.5. The smallest absolute Gasteiger partial charge is 0.411 e. The van der Waals surface area contributed by atoms with E-state index in [0.717, 1.165) is 52.4 Å². The van der Waals surface area contributed by atoms with Gasteiger partial charge in [-0.05, 0) is 61.2 Å². The van der Waals surface area contributed by atoms with Crippen molar-refractivity contribution in [2.75, 3.05) is 12.4 Å². The Kier molecular flexibility index (Phi) is 7.67. The molecule has 1 aliphatic heterocycles. The lowest BCUT2D eigenvalue weighted by Crippen LogP contribution is -2.76. The van der Waals surface area contributed by atoms with Crippen molar-refractivity contribution >= 4 is 41.6 Å². The van der Waals surface area contributed by atoms with Gasteiger partial charge in [0.25, 0.3) is 5.56 Å². The normalized spacial score (nSPS) is 14.7. The Morgan fingerprint density at radius 1 is 1.18 bits per heavy atom. The maximum Gasteiger partial charge on any atom is 0.411 e. The Hall–Kier alpha value is -4.54. The number of hydrogen-bond acceptors (Lipinski definition) is 6. The molecule has 0 saturated carbocycles. The molecule has 0 aliphatic carbocycles. The van der Waals surface area contributed by atoms with Gasteiger partial charge in [0.15, 0.2) is 0 Å². The summed E-state index contributed by atoms with van der Waals surface area (Å²) in [6.45, 7) is 1.80. The summed E-state index contributed by atoms with van der Waals surface area (Å²) in [5, 5.41) is 12.9. The summed E-state index contributed by atoms with van der Waals surface area (Å²) >= 11 is 6.31. The predicted molar refractivity (Wildman–Crippen MR) is 152 cm³/mol. The van der Waals surface area contributed by atoms with E-state index in [9.17, 15) is 9.59 Å². The summed E-state index contributed by atoms with van der Waals surface area (Å²) in [7, 11) is 1.32. The average molecular weight is 545 g/mol. The molecule has 0 bridgehead atoms. The highest BCUT2D eigenvalue weighted by molar-refractivity contribution is 6.31. The second-order valence-corrected chi connectivity index (χ2v) is 9.35. The largest absolute Gasteiger partial charge is 0.453 e. The van der Waals surface area contributed by atoms with Gasteiger partial charge in [-0.15, -0.1) is 5.10 Å². The highest BCUT2D eigenvalue weighted by Gasteiger charge is 2.28. The molecule has 0 fully saturated rings. The van der Waals surface area contributed by atoms with E-state index < -0.39 is 6.09 Å². The number of aryl methyl sites for hydroxylation is 1. The van der Waals surface area contributed by atoms with Crippen molar-refractivity contribution in [1.82, 2.24) is 14.5 Å². The molecule has 1 atom stereocenters.